The number of thioether (sulfide) groups is 1. The first-order valence-electron chi connectivity index (χ1n) is 12.3. The number of rotatable bonds is 5. The van der Waals surface area contributed by atoms with E-state index in [-0.39, 0.29) is 5.56 Å². The van der Waals surface area contributed by atoms with Crippen LogP contribution in [0.3, 0.4) is 0 Å². The van der Waals surface area contributed by atoms with E-state index in [9.17, 15) is 27.6 Å². The molecule has 1 aromatic heterocycles. The van der Waals surface area contributed by atoms with E-state index in [2.05, 4.69) is 9.47 Å². The van der Waals surface area contributed by atoms with Gasteiger partial charge in [0.05, 0.1) is 7.11 Å². The summed E-state index contributed by atoms with van der Waals surface area (Å²) < 4.78 is 73.2. The average Bonchev–Trinajstić information content (AvgIpc) is 3.11. The number of carbonyl (C=O) groups is 2. The van der Waals surface area contributed by atoms with Gasteiger partial charge in [-0.25, -0.2) is 9.18 Å². The molecule has 0 aliphatic carbocycles. The highest BCUT2D eigenvalue weighted by atomic mass is 32.2. The summed E-state index contributed by atoms with van der Waals surface area (Å²) in [7, 11) is 1.04. The molecule has 2 atom stereocenters. The van der Waals surface area contributed by atoms with Crippen molar-refractivity contribution < 1.29 is 41.4 Å². The lowest BCUT2D eigenvalue weighted by molar-refractivity contribution is -0.173. The Kier molecular flexibility index (Phi) is 7.60. The second kappa shape index (κ2) is 11.0. The molecule has 216 valence electrons. The topological polar surface area (TPSA) is 90.3 Å². The largest absolute Gasteiger partial charge is 0.510 e. The lowest BCUT2D eigenvalue weighted by atomic mass is 9.94. The zero-order valence-electron chi connectivity index (χ0n) is 21.7. The van der Waals surface area contributed by atoms with Crippen molar-refractivity contribution in [2.75, 3.05) is 25.6 Å². The third kappa shape index (κ3) is 5.19. The Labute approximate surface area is 235 Å². The fraction of sp³-hybridized carbons (Fsp3) is 0.296. The molecule has 0 fully saturated rings. The van der Waals surface area contributed by atoms with E-state index in [1.807, 2.05) is 6.07 Å². The minimum atomic E-state index is -4.83. The Morgan fingerprint density at radius 2 is 1.88 bits per heavy atom. The second-order valence-electron chi connectivity index (χ2n) is 9.18. The smallest absolute Gasteiger partial charge is 0.451 e. The summed E-state index contributed by atoms with van der Waals surface area (Å²) in [5, 5.41) is 1.39. The normalized spacial score (nSPS) is 17.1. The van der Waals surface area contributed by atoms with Crippen molar-refractivity contribution in [1.29, 1.82) is 0 Å². The third-order valence-electron chi connectivity index (χ3n) is 6.88. The predicted molar refractivity (Wildman–Crippen MR) is 139 cm³/mol. The Morgan fingerprint density at radius 3 is 2.61 bits per heavy atom. The Hall–Kier alpha value is -4.20. The third-order valence-corrected chi connectivity index (χ3v) is 8.00. The highest BCUT2D eigenvalue weighted by Crippen LogP contribution is 2.44. The lowest BCUT2D eigenvalue weighted by Gasteiger charge is -2.46. The van der Waals surface area contributed by atoms with E-state index >= 15 is 4.39 Å². The van der Waals surface area contributed by atoms with E-state index in [1.165, 1.54) is 33.7 Å². The maximum Gasteiger partial charge on any atom is 0.510 e. The van der Waals surface area contributed by atoms with Crippen LogP contribution >= 0.6 is 11.8 Å². The molecule has 0 N–H and O–H groups in total. The quantitative estimate of drug-likeness (QED) is 0.237. The number of hydrogen-bond donors (Lipinski definition) is 0. The molecule has 41 heavy (non-hydrogen) atoms. The molecule has 3 aromatic rings. The molecule has 0 spiro atoms. The molecule has 2 aromatic carbocycles. The SMILES string of the molecule is COC(=O)OCOc1c2n(ccc1=O)N([C@H]1c3ccccc3CSc3cccc(F)c31)CN([C@H](C)C(F)(F)F)C2=O. The summed E-state index contributed by atoms with van der Waals surface area (Å²) in [6.07, 6.45) is -4.75. The van der Waals surface area contributed by atoms with Crippen LogP contribution in [0.25, 0.3) is 0 Å². The number of halogens is 4. The maximum atomic E-state index is 15.6. The predicted octanol–water partition coefficient (Wildman–Crippen LogP) is 4.80. The van der Waals surface area contributed by atoms with Gasteiger partial charge in [-0.1, -0.05) is 30.3 Å². The molecule has 0 unspecified atom stereocenters. The fourth-order valence-electron chi connectivity index (χ4n) is 4.82. The molecule has 0 saturated carbocycles. The number of ether oxygens (including phenoxy) is 3. The van der Waals surface area contributed by atoms with Gasteiger partial charge in [-0.2, -0.15) is 13.2 Å². The number of benzene rings is 2. The summed E-state index contributed by atoms with van der Waals surface area (Å²) in [5.74, 6) is -1.92. The Balaban J connectivity index is 1.74. The van der Waals surface area contributed by atoms with Crippen LogP contribution in [0, 0.1) is 5.82 Å². The summed E-state index contributed by atoms with van der Waals surface area (Å²) in [6.45, 7) is -0.647. The fourth-order valence-corrected chi connectivity index (χ4v) is 5.93. The van der Waals surface area contributed by atoms with E-state index in [0.29, 0.717) is 21.1 Å². The van der Waals surface area contributed by atoms with Gasteiger partial charge in [-0.05, 0) is 30.2 Å². The first-order chi connectivity index (χ1) is 19.5. The first kappa shape index (κ1) is 28.3. The molecule has 1 amide bonds. The van der Waals surface area contributed by atoms with Crippen LogP contribution in [0.2, 0.25) is 0 Å². The summed E-state index contributed by atoms with van der Waals surface area (Å²) in [4.78, 5) is 39.0. The van der Waals surface area contributed by atoms with Gasteiger partial charge in [-0.3, -0.25) is 19.3 Å². The number of nitrogens with zero attached hydrogens (tertiary/aromatic N) is 3. The number of amides is 1. The van der Waals surface area contributed by atoms with Gasteiger partial charge in [-0.15, -0.1) is 11.8 Å². The van der Waals surface area contributed by atoms with Crippen molar-refractivity contribution in [3.63, 3.8) is 0 Å². The van der Waals surface area contributed by atoms with Crippen LogP contribution in [-0.4, -0.2) is 54.4 Å². The van der Waals surface area contributed by atoms with Gasteiger partial charge >= 0.3 is 12.3 Å². The molecule has 0 saturated heterocycles. The zero-order valence-corrected chi connectivity index (χ0v) is 22.5. The molecular formula is C27H23F4N3O6S. The first-order valence-corrected chi connectivity index (χ1v) is 13.2. The molecule has 14 heteroatoms. The molecule has 0 bridgehead atoms. The number of methoxy groups -OCH3 is 1. The highest BCUT2D eigenvalue weighted by Gasteiger charge is 2.48. The monoisotopic (exact) mass is 593 g/mol. The summed E-state index contributed by atoms with van der Waals surface area (Å²) in [6, 6.07) is 9.43. The summed E-state index contributed by atoms with van der Waals surface area (Å²) >= 11 is 1.38. The van der Waals surface area contributed by atoms with Crippen molar-refractivity contribution in [2.24, 2.45) is 0 Å². The van der Waals surface area contributed by atoms with Crippen LogP contribution in [0.1, 0.15) is 40.1 Å². The Morgan fingerprint density at radius 1 is 1.12 bits per heavy atom. The summed E-state index contributed by atoms with van der Waals surface area (Å²) in [5.41, 5.74) is 0.246. The van der Waals surface area contributed by atoms with Crippen LogP contribution in [0.4, 0.5) is 22.4 Å². The number of pyridine rings is 1. The van der Waals surface area contributed by atoms with Gasteiger partial charge in [0.25, 0.3) is 5.91 Å². The van der Waals surface area contributed by atoms with Gasteiger partial charge in [0.15, 0.2) is 5.69 Å². The van der Waals surface area contributed by atoms with E-state index in [4.69, 9.17) is 4.74 Å². The van der Waals surface area contributed by atoms with Crippen molar-refractivity contribution in [1.82, 2.24) is 9.58 Å². The van der Waals surface area contributed by atoms with Gasteiger partial charge < -0.3 is 19.1 Å². The molecule has 0 radical (unpaired) electrons. The minimum absolute atomic E-state index is 0.206. The van der Waals surface area contributed by atoms with Gasteiger partial charge in [0.1, 0.15) is 24.6 Å². The van der Waals surface area contributed by atoms with Crippen LogP contribution in [0.5, 0.6) is 5.75 Å². The number of fused-ring (bicyclic) bond motifs is 3. The van der Waals surface area contributed by atoms with Crippen LogP contribution < -0.4 is 15.2 Å². The minimum Gasteiger partial charge on any atom is -0.451 e. The van der Waals surface area contributed by atoms with Crippen molar-refractivity contribution in [2.45, 2.75) is 35.8 Å². The van der Waals surface area contributed by atoms with Gasteiger partial charge in [0.2, 0.25) is 18.0 Å². The molecule has 3 heterocycles. The van der Waals surface area contributed by atoms with Gasteiger partial charge in [0, 0.05) is 28.5 Å². The molecule has 2 aliphatic rings. The van der Waals surface area contributed by atoms with E-state index < -0.39 is 66.5 Å². The standard InChI is InChI=1S/C27H23F4N3O6S/c1-15(27(29,30)31)32-13-34(33-11-10-19(35)24(23(33)25(32)36)39-14-40-26(37)38-2)22-17-7-4-3-6-16(17)12-41-20-9-5-8-18(28)21(20)22/h3-11,15,22H,12-14H2,1-2H3/t15-,22+/m1/s1. The molecule has 5 rings (SSSR count). The van der Waals surface area contributed by atoms with Crippen LogP contribution in [-0.2, 0) is 15.2 Å². The van der Waals surface area contributed by atoms with Crippen molar-refractivity contribution >= 4 is 23.8 Å². The van der Waals surface area contributed by atoms with Crippen LogP contribution in [0.15, 0.2) is 64.4 Å². The second-order valence-corrected chi connectivity index (χ2v) is 10.2. The lowest BCUT2D eigenvalue weighted by Crippen LogP contribution is -2.60. The average molecular weight is 594 g/mol. The van der Waals surface area contributed by atoms with E-state index in [0.717, 1.165) is 25.7 Å². The van der Waals surface area contributed by atoms with Crippen molar-refractivity contribution in [3.8, 4) is 5.75 Å². The zero-order chi connectivity index (χ0) is 29.5. The van der Waals surface area contributed by atoms with E-state index in [1.54, 1.807) is 30.3 Å². The van der Waals surface area contributed by atoms with Crippen molar-refractivity contribution in [3.05, 3.63) is 93.2 Å². The molecule has 9 nitrogen and oxygen atoms in total. The highest BCUT2D eigenvalue weighted by molar-refractivity contribution is 7.98. The molecular weight excluding hydrogens is 570 g/mol. The number of carbonyl (C=O) groups excluding carboxylic acids is 2. The Bertz CT molecular complexity index is 1560. The number of hydrogen-bond acceptors (Lipinski definition) is 8. The number of aromatic nitrogens is 1. The maximum absolute atomic E-state index is 15.6. The number of alkyl halides is 3. The molecule has 2 aliphatic heterocycles.